The summed E-state index contributed by atoms with van der Waals surface area (Å²) in [7, 11) is 0. The van der Waals surface area contributed by atoms with E-state index in [0.29, 0.717) is 6.42 Å². The summed E-state index contributed by atoms with van der Waals surface area (Å²) in [5.41, 5.74) is 0.414. The molecule has 0 N–H and O–H groups in total. The van der Waals surface area contributed by atoms with E-state index in [0.717, 1.165) is 17.1 Å². The summed E-state index contributed by atoms with van der Waals surface area (Å²) in [5.74, 6) is 1.28. The number of hydrogen-bond acceptors (Lipinski definition) is 4. The van der Waals surface area contributed by atoms with Crippen LogP contribution in [0.15, 0.2) is 18.2 Å². The summed E-state index contributed by atoms with van der Waals surface area (Å²) < 4.78 is 16.1. The Hall–Kier alpha value is -1.71. The van der Waals surface area contributed by atoms with Crippen LogP contribution in [0.1, 0.15) is 25.8 Å². The molecule has 2 heterocycles. The first-order chi connectivity index (χ1) is 8.08. The molecule has 2 unspecified atom stereocenters. The molecule has 1 aromatic carbocycles. The van der Waals surface area contributed by atoms with Gasteiger partial charge in [-0.1, -0.05) is 13.0 Å². The third-order valence-electron chi connectivity index (χ3n) is 3.41. The molecule has 17 heavy (non-hydrogen) atoms. The highest BCUT2D eigenvalue weighted by Gasteiger charge is 2.42. The molecule has 1 aromatic rings. The van der Waals surface area contributed by atoms with Crippen LogP contribution in [0.2, 0.25) is 0 Å². The lowest BCUT2D eigenvalue weighted by molar-refractivity contribution is -0.149. The molecule has 0 radical (unpaired) electrons. The highest BCUT2D eigenvalue weighted by molar-refractivity contribution is 5.75. The first kappa shape index (κ1) is 10.4. The number of hydrogen-bond donors (Lipinski definition) is 0. The van der Waals surface area contributed by atoms with Crippen LogP contribution in [-0.2, 0) is 15.1 Å². The highest BCUT2D eigenvalue weighted by Crippen LogP contribution is 2.43. The second-order valence-electron chi connectivity index (χ2n) is 4.83. The summed E-state index contributed by atoms with van der Waals surface area (Å²) >= 11 is 0. The van der Waals surface area contributed by atoms with Gasteiger partial charge in [0.1, 0.15) is 5.60 Å². The Morgan fingerprint density at radius 2 is 2.06 bits per heavy atom. The van der Waals surface area contributed by atoms with Gasteiger partial charge in [-0.3, -0.25) is 4.79 Å². The number of rotatable bonds is 1. The smallest absolute Gasteiger partial charge is 0.309 e. The molecule has 4 heteroatoms. The molecule has 3 rings (SSSR count). The van der Waals surface area contributed by atoms with Crippen LogP contribution >= 0.6 is 0 Å². The Morgan fingerprint density at radius 3 is 2.76 bits per heavy atom. The molecule has 2 atom stereocenters. The topological polar surface area (TPSA) is 44.8 Å². The first-order valence-electron chi connectivity index (χ1n) is 5.71. The molecule has 2 aliphatic rings. The quantitative estimate of drug-likeness (QED) is 0.699. The number of fused-ring (bicyclic) bond motifs is 1. The number of ether oxygens (including phenoxy) is 3. The van der Waals surface area contributed by atoms with E-state index in [-0.39, 0.29) is 18.7 Å². The van der Waals surface area contributed by atoms with Crippen LogP contribution in [0.25, 0.3) is 0 Å². The minimum atomic E-state index is -0.544. The third-order valence-corrected chi connectivity index (χ3v) is 3.41. The summed E-state index contributed by atoms with van der Waals surface area (Å²) in [6.07, 6.45) is 0.700. The maximum absolute atomic E-state index is 11.5. The van der Waals surface area contributed by atoms with E-state index in [2.05, 4.69) is 0 Å². The number of carbonyl (C=O) groups excluding carboxylic acids is 1. The zero-order chi connectivity index (χ0) is 12.0. The molecule has 0 saturated carbocycles. The van der Waals surface area contributed by atoms with Crippen LogP contribution in [0, 0.1) is 5.92 Å². The average molecular weight is 234 g/mol. The van der Waals surface area contributed by atoms with Gasteiger partial charge in [0.25, 0.3) is 0 Å². The van der Waals surface area contributed by atoms with Gasteiger partial charge < -0.3 is 14.2 Å². The lowest BCUT2D eigenvalue weighted by Gasteiger charge is -2.23. The molecular formula is C13H14O4. The molecule has 0 amide bonds. The molecule has 4 nitrogen and oxygen atoms in total. The molecule has 0 aliphatic carbocycles. The molecule has 1 saturated heterocycles. The Morgan fingerprint density at radius 1 is 1.29 bits per heavy atom. The fourth-order valence-electron chi connectivity index (χ4n) is 2.43. The predicted octanol–water partition coefficient (Wildman–Crippen LogP) is 2.21. The fourth-order valence-corrected chi connectivity index (χ4v) is 2.43. The van der Waals surface area contributed by atoms with Crippen molar-refractivity contribution in [1.29, 1.82) is 0 Å². The predicted molar refractivity (Wildman–Crippen MR) is 59.8 cm³/mol. The van der Waals surface area contributed by atoms with Gasteiger partial charge in [0.2, 0.25) is 6.79 Å². The SMILES string of the molecule is CC1CC(C)(c2ccc3c(c2)OCO3)OC1=O. The van der Waals surface area contributed by atoms with Crippen LogP contribution in [0.4, 0.5) is 0 Å². The molecular weight excluding hydrogens is 220 g/mol. The monoisotopic (exact) mass is 234 g/mol. The van der Waals surface area contributed by atoms with E-state index in [9.17, 15) is 4.79 Å². The Balaban J connectivity index is 1.97. The maximum atomic E-state index is 11.5. The standard InChI is InChI=1S/C13H14O4/c1-8-6-13(2,17-12(8)14)9-3-4-10-11(5-9)16-7-15-10/h3-5,8H,6-7H2,1-2H3. The van der Waals surface area contributed by atoms with Crippen molar-refractivity contribution in [2.24, 2.45) is 5.92 Å². The second-order valence-corrected chi connectivity index (χ2v) is 4.83. The van der Waals surface area contributed by atoms with Gasteiger partial charge in [-0.05, 0) is 24.6 Å². The van der Waals surface area contributed by atoms with Crippen molar-refractivity contribution in [3.8, 4) is 11.5 Å². The lowest BCUT2D eigenvalue weighted by Crippen LogP contribution is -2.20. The van der Waals surface area contributed by atoms with Gasteiger partial charge in [0, 0.05) is 6.42 Å². The van der Waals surface area contributed by atoms with Crippen molar-refractivity contribution in [2.45, 2.75) is 25.9 Å². The zero-order valence-corrected chi connectivity index (χ0v) is 9.86. The Kier molecular flexibility index (Phi) is 2.08. The highest BCUT2D eigenvalue weighted by atomic mass is 16.7. The first-order valence-corrected chi connectivity index (χ1v) is 5.71. The molecule has 2 aliphatic heterocycles. The summed E-state index contributed by atoms with van der Waals surface area (Å²) in [6.45, 7) is 4.08. The number of cyclic esters (lactones) is 1. The minimum absolute atomic E-state index is 0.0505. The van der Waals surface area contributed by atoms with E-state index in [1.807, 2.05) is 32.0 Å². The fraction of sp³-hybridized carbons (Fsp3) is 0.462. The zero-order valence-electron chi connectivity index (χ0n) is 9.86. The van der Waals surface area contributed by atoms with E-state index in [1.165, 1.54) is 0 Å². The van der Waals surface area contributed by atoms with Crippen LogP contribution < -0.4 is 9.47 Å². The number of esters is 1. The molecule has 0 aromatic heterocycles. The molecule has 1 fully saturated rings. The van der Waals surface area contributed by atoms with Gasteiger partial charge in [0.05, 0.1) is 5.92 Å². The number of benzene rings is 1. The number of carbonyl (C=O) groups is 1. The van der Waals surface area contributed by atoms with Crippen LogP contribution in [0.3, 0.4) is 0 Å². The lowest BCUT2D eigenvalue weighted by atomic mass is 9.89. The van der Waals surface area contributed by atoms with E-state index in [4.69, 9.17) is 14.2 Å². The van der Waals surface area contributed by atoms with Crippen LogP contribution in [-0.4, -0.2) is 12.8 Å². The average Bonchev–Trinajstić information content (AvgIpc) is 2.84. The van der Waals surface area contributed by atoms with E-state index in [1.54, 1.807) is 0 Å². The van der Waals surface area contributed by atoms with E-state index < -0.39 is 5.60 Å². The second kappa shape index (κ2) is 3.39. The summed E-state index contributed by atoms with van der Waals surface area (Å²) in [4.78, 5) is 11.5. The minimum Gasteiger partial charge on any atom is -0.454 e. The van der Waals surface area contributed by atoms with Crippen molar-refractivity contribution in [1.82, 2.24) is 0 Å². The Bertz CT molecular complexity index is 482. The van der Waals surface area contributed by atoms with E-state index >= 15 is 0 Å². The summed E-state index contributed by atoms with van der Waals surface area (Å²) in [6, 6.07) is 5.69. The van der Waals surface area contributed by atoms with Gasteiger partial charge in [-0.2, -0.15) is 0 Å². The van der Waals surface area contributed by atoms with Gasteiger partial charge in [-0.25, -0.2) is 0 Å². The summed E-state index contributed by atoms with van der Waals surface area (Å²) in [5, 5.41) is 0. The van der Waals surface area contributed by atoms with Crippen molar-refractivity contribution < 1.29 is 19.0 Å². The molecule has 90 valence electrons. The van der Waals surface area contributed by atoms with Crippen molar-refractivity contribution in [3.05, 3.63) is 23.8 Å². The van der Waals surface area contributed by atoms with Crippen molar-refractivity contribution >= 4 is 5.97 Å². The van der Waals surface area contributed by atoms with Crippen LogP contribution in [0.5, 0.6) is 11.5 Å². The van der Waals surface area contributed by atoms with Gasteiger partial charge >= 0.3 is 5.97 Å². The largest absolute Gasteiger partial charge is 0.454 e. The maximum Gasteiger partial charge on any atom is 0.309 e. The molecule has 0 bridgehead atoms. The third kappa shape index (κ3) is 1.55. The van der Waals surface area contributed by atoms with Gasteiger partial charge in [0.15, 0.2) is 11.5 Å². The van der Waals surface area contributed by atoms with Crippen molar-refractivity contribution in [2.75, 3.05) is 6.79 Å². The Labute approximate surface area is 99.5 Å². The molecule has 0 spiro atoms. The normalized spacial score (nSPS) is 30.5. The van der Waals surface area contributed by atoms with Crippen molar-refractivity contribution in [3.63, 3.8) is 0 Å². The van der Waals surface area contributed by atoms with Gasteiger partial charge in [-0.15, -0.1) is 0 Å².